The highest BCUT2D eigenvalue weighted by Gasteiger charge is 2.36. The van der Waals surface area contributed by atoms with Gasteiger partial charge in [-0.05, 0) is 30.4 Å². The number of hydrogen-bond acceptors (Lipinski definition) is 1. The minimum atomic E-state index is 0.595. The highest BCUT2D eigenvalue weighted by atomic mass is 35.5. The van der Waals surface area contributed by atoms with Gasteiger partial charge >= 0.3 is 0 Å². The summed E-state index contributed by atoms with van der Waals surface area (Å²) in [5.74, 6) is 1.69. The Morgan fingerprint density at radius 2 is 2.21 bits per heavy atom. The van der Waals surface area contributed by atoms with Crippen LogP contribution >= 0.6 is 11.6 Å². The maximum atomic E-state index is 6.13. The first-order chi connectivity index (χ1) is 9.24. The maximum absolute atomic E-state index is 6.13. The number of aliphatic imine (C=N–C) groups is 1. The van der Waals surface area contributed by atoms with Crippen LogP contribution in [0.5, 0.6) is 0 Å². The standard InChI is InChI=1S/C15H22ClN3/c1-3-6-11-9-14(11)19-15(17-2)18-10-12-7-4-5-8-13(12)16/h4-5,7-8,11,14H,3,6,9-10H2,1-2H3,(H2,17,18,19). The predicted octanol–water partition coefficient (Wildman–Crippen LogP) is 3.19. The van der Waals surface area contributed by atoms with Gasteiger partial charge in [-0.25, -0.2) is 0 Å². The Labute approximate surface area is 120 Å². The molecule has 3 nitrogen and oxygen atoms in total. The monoisotopic (exact) mass is 279 g/mol. The molecular formula is C15H22ClN3. The van der Waals surface area contributed by atoms with Gasteiger partial charge in [-0.2, -0.15) is 0 Å². The van der Waals surface area contributed by atoms with Crippen LogP contribution in [0.4, 0.5) is 0 Å². The van der Waals surface area contributed by atoms with Gasteiger partial charge in [0.15, 0.2) is 5.96 Å². The SMILES string of the molecule is CCCC1CC1NC(=NC)NCc1ccccc1Cl. The lowest BCUT2D eigenvalue weighted by molar-refractivity contribution is 0.655. The Morgan fingerprint density at radius 3 is 2.89 bits per heavy atom. The normalized spacial score (nSPS) is 22.2. The fourth-order valence-electron chi connectivity index (χ4n) is 2.31. The van der Waals surface area contributed by atoms with E-state index >= 15 is 0 Å². The van der Waals surface area contributed by atoms with Crippen LogP contribution in [-0.2, 0) is 6.54 Å². The van der Waals surface area contributed by atoms with Gasteiger partial charge in [-0.15, -0.1) is 0 Å². The summed E-state index contributed by atoms with van der Waals surface area (Å²) < 4.78 is 0. The molecule has 0 aliphatic heterocycles. The van der Waals surface area contributed by atoms with Gasteiger partial charge in [0.25, 0.3) is 0 Å². The molecule has 2 rings (SSSR count). The van der Waals surface area contributed by atoms with Gasteiger partial charge in [-0.1, -0.05) is 43.1 Å². The fraction of sp³-hybridized carbons (Fsp3) is 0.533. The molecule has 0 radical (unpaired) electrons. The van der Waals surface area contributed by atoms with Gasteiger partial charge in [0.05, 0.1) is 0 Å². The molecule has 0 heterocycles. The minimum Gasteiger partial charge on any atom is -0.353 e. The molecule has 2 unspecified atom stereocenters. The van der Waals surface area contributed by atoms with Crippen molar-refractivity contribution >= 4 is 17.6 Å². The largest absolute Gasteiger partial charge is 0.353 e. The smallest absolute Gasteiger partial charge is 0.191 e. The second-order valence-electron chi connectivity index (χ2n) is 5.05. The van der Waals surface area contributed by atoms with E-state index in [0.717, 1.165) is 22.5 Å². The Balaban J connectivity index is 1.79. The average Bonchev–Trinajstić information content (AvgIpc) is 3.14. The van der Waals surface area contributed by atoms with E-state index in [1.165, 1.54) is 19.3 Å². The highest BCUT2D eigenvalue weighted by molar-refractivity contribution is 6.31. The number of nitrogens with zero attached hydrogens (tertiary/aromatic N) is 1. The van der Waals surface area contributed by atoms with Crippen LogP contribution in [0.15, 0.2) is 29.3 Å². The molecule has 0 aromatic heterocycles. The molecule has 1 aromatic rings. The molecule has 1 aliphatic rings. The summed E-state index contributed by atoms with van der Waals surface area (Å²) in [7, 11) is 1.80. The Bertz CT molecular complexity index is 445. The third kappa shape index (κ3) is 4.13. The number of rotatable bonds is 5. The Kier molecular flexibility index (Phi) is 5.08. The van der Waals surface area contributed by atoms with Gasteiger partial charge in [0, 0.05) is 24.7 Å². The van der Waals surface area contributed by atoms with E-state index < -0.39 is 0 Å². The molecule has 104 valence electrons. The van der Waals surface area contributed by atoms with E-state index in [2.05, 4.69) is 22.5 Å². The molecule has 1 aromatic carbocycles. The van der Waals surface area contributed by atoms with Crippen molar-refractivity contribution in [3.8, 4) is 0 Å². The summed E-state index contributed by atoms with van der Waals surface area (Å²) in [5.41, 5.74) is 1.09. The first-order valence-corrected chi connectivity index (χ1v) is 7.33. The summed E-state index contributed by atoms with van der Waals surface area (Å²) in [6, 6.07) is 8.47. The Morgan fingerprint density at radius 1 is 1.42 bits per heavy atom. The zero-order valence-corrected chi connectivity index (χ0v) is 12.4. The van der Waals surface area contributed by atoms with Gasteiger partial charge in [-0.3, -0.25) is 4.99 Å². The van der Waals surface area contributed by atoms with Crippen LogP contribution in [-0.4, -0.2) is 19.0 Å². The van der Waals surface area contributed by atoms with Gasteiger partial charge < -0.3 is 10.6 Å². The summed E-state index contributed by atoms with van der Waals surface area (Å²) >= 11 is 6.13. The van der Waals surface area contributed by atoms with E-state index in [9.17, 15) is 0 Å². The second-order valence-corrected chi connectivity index (χ2v) is 5.46. The third-order valence-electron chi connectivity index (χ3n) is 3.53. The summed E-state index contributed by atoms with van der Waals surface area (Å²) in [4.78, 5) is 4.26. The number of benzene rings is 1. The zero-order chi connectivity index (χ0) is 13.7. The molecule has 19 heavy (non-hydrogen) atoms. The average molecular weight is 280 g/mol. The lowest BCUT2D eigenvalue weighted by Crippen LogP contribution is -2.38. The second kappa shape index (κ2) is 6.80. The van der Waals surface area contributed by atoms with E-state index in [0.29, 0.717) is 12.6 Å². The lowest BCUT2D eigenvalue weighted by atomic mass is 10.2. The molecule has 0 bridgehead atoms. The molecule has 4 heteroatoms. The van der Waals surface area contributed by atoms with Crippen LogP contribution in [0.3, 0.4) is 0 Å². The molecule has 2 N–H and O–H groups in total. The minimum absolute atomic E-state index is 0.595. The van der Waals surface area contributed by atoms with Crippen LogP contribution in [0.2, 0.25) is 5.02 Å². The summed E-state index contributed by atoms with van der Waals surface area (Å²) in [6.45, 7) is 2.93. The summed E-state index contributed by atoms with van der Waals surface area (Å²) in [6.07, 6.45) is 3.83. The molecule has 1 fully saturated rings. The third-order valence-corrected chi connectivity index (χ3v) is 3.90. The van der Waals surface area contributed by atoms with Crippen molar-refractivity contribution in [1.82, 2.24) is 10.6 Å². The van der Waals surface area contributed by atoms with E-state index in [1.807, 2.05) is 24.3 Å². The molecule has 1 aliphatic carbocycles. The van der Waals surface area contributed by atoms with E-state index in [-0.39, 0.29) is 0 Å². The van der Waals surface area contributed by atoms with E-state index in [1.54, 1.807) is 7.05 Å². The van der Waals surface area contributed by atoms with Crippen molar-refractivity contribution < 1.29 is 0 Å². The van der Waals surface area contributed by atoms with Crippen LogP contribution in [0.1, 0.15) is 31.7 Å². The predicted molar refractivity (Wildman–Crippen MR) is 81.6 cm³/mol. The fourth-order valence-corrected chi connectivity index (χ4v) is 2.51. The molecule has 0 saturated heterocycles. The quantitative estimate of drug-likeness (QED) is 0.641. The van der Waals surface area contributed by atoms with Crippen molar-refractivity contribution in [1.29, 1.82) is 0 Å². The molecule has 1 saturated carbocycles. The number of halogens is 1. The number of guanidine groups is 1. The Hall–Kier alpha value is -1.22. The van der Waals surface area contributed by atoms with Crippen molar-refractivity contribution in [3.05, 3.63) is 34.9 Å². The maximum Gasteiger partial charge on any atom is 0.191 e. The molecular weight excluding hydrogens is 258 g/mol. The molecule has 0 spiro atoms. The highest BCUT2D eigenvalue weighted by Crippen LogP contribution is 2.34. The first kappa shape index (κ1) is 14.2. The van der Waals surface area contributed by atoms with E-state index in [4.69, 9.17) is 11.6 Å². The molecule has 0 amide bonds. The van der Waals surface area contributed by atoms with Gasteiger partial charge in [0.1, 0.15) is 0 Å². The number of nitrogens with one attached hydrogen (secondary N) is 2. The number of hydrogen-bond donors (Lipinski definition) is 2. The summed E-state index contributed by atoms with van der Waals surface area (Å²) in [5, 5.41) is 7.57. The van der Waals surface area contributed by atoms with Crippen LogP contribution < -0.4 is 10.6 Å². The topological polar surface area (TPSA) is 36.4 Å². The van der Waals surface area contributed by atoms with Crippen molar-refractivity contribution in [2.24, 2.45) is 10.9 Å². The van der Waals surface area contributed by atoms with Crippen LogP contribution in [0.25, 0.3) is 0 Å². The van der Waals surface area contributed by atoms with Crippen molar-refractivity contribution in [2.75, 3.05) is 7.05 Å². The van der Waals surface area contributed by atoms with Crippen molar-refractivity contribution in [3.63, 3.8) is 0 Å². The zero-order valence-electron chi connectivity index (χ0n) is 11.6. The van der Waals surface area contributed by atoms with Gasteiger partial charge in [0.2, 0.25) is 0 Å². The lowest BCUT2D eigenvalue weighted by Gasteiger charge is -2.12. The molecule has 2 atom stereocenters. The van der Waals surface area contributed by atoms with Crippen LogP contribution in [0, 0.1) is 5.92 Å². The first-order valence-electron chi connectivity index (χ1n) is 6.95. The van der Waals surface area contributed by atoms with Crippen molar-refractivity contribution in [2.45, 2.75) is 38.8 Å².